The number of nitrogens with one attached hydrogen (secondary N) is 2. The summed E-state index contributed by atoms with van der Waals surface area (Å²) in [6.07, 6.45) is -14.3. The Hall–Kier alpha value is -4.46. The van der Waals surface area contributed by atoms with Crippen LogP contribution in [0.3, 0.4) is 0 Å². The van der Waals surface area contributed by atoms with Crippen molar-refractivity contribution >= 4 is 45.0 Å². The number of carboxylic acids is 1. The average molecular weight is 700 g/mol. The van der Waals surface area contributed by atoms with Gasteiger partial charge < -0.3 is 34.7 Å². The van der Waals surface area contributed by atoms with Crippen molar-refractivity contribution in [3.63, 3.8) is 0 Å². The van der Waals surface area contributed by atoms with Crippen molar-refractivity contribution < 1.29 is 73.6 Å². The van der Waals surface area contributed by atoms with Gasteiger partial charge in [0.1, 0.15) is 11.3 Å². The minimum atomic E-state index is -5.08. The van der Waals surface area contributed by atoms with Gasteiger partial charge in [-0.15, -0.1) is 20.1 Å². The second-order valence-corrected chi connectivity index (χ2v) is 11.5. The van der Waals surface area contributed by atoms with E-state index in [1.807, 2.05) is 0 Å². The fourth-order valence-electron chi connectivity index (χ4n) is 5.30. The van der Waals surface area contributed by atoms with Crippen LogP contribution < -0.4 is 24.8 Å². The van der Waals surface area contributed by atoms with Crippen LogP contribution >= 0.6 is 11.3 Å². The van der Waals surface area contributed by atoms with Crippen LogP contribution in [0.2, 0.25) is 0 Å². The number of ether oxygens (including phenoxy) is 4. The Morgan fingerprint density at radius 3 is 2.13 bits per heavy atom. The van der Waals surface area contributed by atoms with Gasteiger partial charge in [-0.1, -0.05) is 0 Å². The molecule has 0 unspecified atom stereocenters. The lowest BCUT2D eigenvalue weighted by atomic mass is 9.70. The van der Waals surface area contributed by atoms with Crippen LogP contribution in [0, 0.1) is 0 Å². The third-order valence-corrected chi connectivity index (χ3v) is 8.58. The quantitative estimate of drug-likeness (QED) is 0.278. The fraction of sp³-hybridized carbons (Fsp3) is 0.407. The molecule has 1 aromatic heterocycles. The number of aliphatic carboxylic acids is 1. The SMILES string of the molecule is COc1ccc2ncsc2c1C(=O)Nc1cc2c(cc1C(=O)NC13CCC(C(F)(F)F)(CC1)OC3)OC(F)(F)O2.O=C(O)C(F)(F)F. The molecule has 0 spiro atoms. The maximum atomic E-state index is 13.8. The molecule has 2 amide bonds. The molecule has 0 atom stereocenters. The summed E-state index contributed by atoms with van der Waals surface area (Å²) in [6.45, 7) is -0.382. The molecular weight excluding hydrogens is 678 g/mol. The molecule has 47 heavy (non-hydrogen) atoms. The molecule has 7 rings (SSSR count). The van der Waals surface area contributed by atoms with Crippen LogP contribution in [0.4, 0.5) is 40.8 Å². The first-order valence-corrected chi connectivity index (χ1v) is 14.2. The largest absolute Gasteiger partial charge is 0.586 e. The molecule has 2 aromatic carbocycles. The normalized spacial score (nSPS) is 22.7. The molecule has 1 saturated carbocycles. The van der Waals surface area contributed by atoms with Gasteiger partial charge in [0.15, 0.2) is 17.1 Å². The van der Waals surface area contributed by atoms with E-state index in [1.54, 1.807) is 6.07 Å². The number of amides is 2. The molecule has 2 bridgehead atoms. The van der Waals surface area contributed by atoms with E-state index in [0.717, 1.165) is 12.1 Å². The number of thiazole rings is 1. The number of anilines is 1. The van der Waals surface area contributed by atoms with Crippen molar-refractivity contribution in [2.75, 3.05) is 19.0 Å². The minimum absolute atomic E-state index is 0.00681. The molecule has 3 aliphatic heterocycles. The molecule has 4 heterocycles. The number of carbonyl (C=O) groups excluding carboxylic acids is 2. The van der Waals surface area contributed by atoms with Crippen molar-refractivity contribution in [1.82, 2.24) is 10.3 Å². The molecule has 3 aromatic rings. The molecule has 1 aliphatic carbocycles. The van der Waals surface area contributed by atoms with Crippen LogP contribution in [0.5, 0.6) is 17.2 Å². The molecular formula is C27H21F8N3O8S. The van der Waals surface area contributed by atoms with Crippen molar-refractivity contribution in [2.45, 2.75) is 55.5 Å². The van der Waals surface area contributed by atoms with E-state index in [2.05, 4.69) is 25.1 Å². The zero-order valence-electron chi connectivity index (χ0n) is 23.6. The number of benzene rings is 2. The Labute approximate surface area is 261 Å². The predicted octanol–water partition coefficient (Wildman–Crippen LogP) is 5.89. The monoisotopic (exact) mass is 699 g/mol. The average Bonchev–Trinajstić information content (AvgIpc) is 3.58. The highest BCUT2D eigenvalue weighted by molar-refractivity contribution is 7.17. The molecule has 2 saturated heterocycles. The summed E-state index contributed by atoms with van der Waals surface area (Å²) >= 11 is 1.18. The van der Waals surface area contributed by atoms with Gasteiger partial charge in [0.2, 0.25) is 0 Å². The van der Waals surface area contributed by atoms with Crippen molar-refractivity contribution in [3.8, 4) is 17.2 Å². The van der Waals surface area contributed by atoms with Crippen LogP contribution in [-0.2, 0) is 9.53 Å². The summed E-state index contributed by atoms with van der Waals surface area (Å²) in [4.78, 5) is 40.0. The van der Waals surface area contributed by atoms with Gasteiger partial charge in [0.05, 0.1) is 46.2 Å². The van der Waals surface area contributed by atoms with Crippen LogP contribution in [0.25, 0.3) is 10.2 Å². The highest BCUT2D eigenvalue weighted by Crippen LogP contribution is 2.52. The number of aromatic nitrogens is 1. The van der Waals surface area contributed by atoms with E-state index < -0.39 is 59.1 Å². The standard InChI is InChI=1S/C25H20F5N3O6S.C2HF3O2/c1-36-15-3-2-13-19(40-11-31-13)18(15)21(35)32-14-9-17-16(38-25(29,30)39-17)8-12(14)20(34)33-22-4-6-23(7-5-22,37-10-22)24(26,27)28;3-2(4,5)1(6)7/h2-3,8-9,11H,4-7,10H2,1H3,(H,32,35)(H,33,34);(H,6,7). The maximum Gasteiger partial charge on any atom is 0.586 e. The Kier molecular flexibility index (Phi) is 8.40. The number of carbonyl (C=O) groups is 3. The number of hydrogen-bond donors (Lipinski definition) is 3. The number of fused-ring (bicyclic) bond motifs is 5. The second kappa shape index (κ2) is 11.7. The van der Waals surface area contributed by atoms with Crippen LogP contribution in [0.15, 0.2) is 29.8 Å². The van der Waals surface area contributed by atoms with Crippen LogP contribution in [-0.4, -0.2) is 71.4 Å². The maximum absolute atomic E-state index is 13.8. The molecule has 20 heteroatoms. The third-order valence-electron chi connectivity index (χ3n) is 7.72. The lowest BCUT2D eigenvalue weighted by molar-refractivity contribution is -0.317. The highest BCUT2D eigenvalue weighted by atomic mass is 32.1. The number of nitrogens with zero attached hydrogens (tertiary/aromatic N) is 1. The van der Waals surface area contributed by atoms with Crippen molar-refractivity contribution in [1.29, 1.82) is 0 Å². The summed E-state index contributed by atoms with van der Waals surface area (Å²) in [5.41, 5.74) is -1.67. The van der Waals surface area contributed by atoms with E-state index in [1.165, 1.54) is 30.0 Å². The lowest BCUT2D eigenvalue weighted by Gasteiger charge is -2.53. The number of rotatable bonds is 5. The Morgan fingerprint density at radius 1 is 0.979 bits per heavy atom. The third kappa shape index (κ3) is 6.55. The van der Waals surface area contributed by atoms with Crippen LogP contribution in [0.1, 0.15) is 46.4 Å². The smallest absolute Gasteiger partial charge is 0.496 e. The first kappa shape index (κ1) is 33.9. The molecule has 3 N–H and O–H groups in total. The molecule has 0 radical (unpaired) electrons. The Balaban J connectivity index is 0.000000559. The van der Waals surface area contributed by atoms with E-state index in [9.17, 15) is 44.7 Å². The number of alkyl halides is 8. The van der Waals surface area contributed by atoms with E-state index in [0.29, 0.717) is 10.2 Å². The summed E-state index contributed by atoms with van der Waals surface area (Å²) in [7, 11) is 1.36. The molecule has 4 aliphatic rings. The van der Waals surface area contributed by atoms with Gasteiger partial charge in [-0.2, -0.15) is 26.3 Å². The van der Waals surface area contributed by atoms with Gasteiger partial charge in [-0.05, 0) is 43.9 Å². The van der Waals surface area contributed by atoms with E-state index >= 15 is 0 Å². The summed E-state index contributed by atoms with van der Waals surface area (Å²) in [5, 5.41) is 12.4. The number of carboxylic acid groups (broad SMARTS) is 1. The van der Waals surface area contributed by atoms with Gasteiger partial charge in [-0.3, -0.25) is 9.59 Å². The van der Waals surface area contributed by atoms with E-state index in [-0.39, 0.29) is 54.9 Å². The Morgan fingerprint density at radius 2 is 1.60 bits per heavy atom. The zero-order valence-corrected chi connectivity index (χ0v) is 24.4. The molecule has 3 fully saturated rings. The topological polar surface area (TPSA) is 145 Å². The van der Waals surface area contributed by atoms with Gasteiger partial charge in [0, 0.05) is 6.07 Å². The number of methoxy groups -OCH3 is 1. The Bertz CT molecular complexity index is 1720. The first-order chi connectivity index (χ1) is 21.8. The predicted molar refractivity (Wildman–Crippen MR) is 144 cm³/mol. The second-order valence-electron chi connectivity index (χ2n) is 10.6. The zero-order chi connectivity index (χ0) is 34.6. The fourth-order valence-corrected chi connectivity index (χ4v) is 6.12. The minimum Gasteiger partial charge on any atom is -0.496 e. The molecule has 254 valence electrons. The first-order valence-electron chi connectivity index (χ1n) is 13.3. The van der Waals surface area contributed by atoms with Gasteiger partial charge >= 0.3 is 24.6 Å². The van der Waals surface area contributed by atoms with Gasteiger partial charge in [0.25, 0.3) is 11.8 Å². The van der Waals surface area contributed by atoms with Gasteiger partial charge in [-0.25, -0.2) is 9.78 Å². The highest BCUT2D eigenvalue weighted by Gasteiger charge is 2.63. The number of hydrogen-bond acceptors (Lipinski definition) is 9. The summed E-state index contributed by atoms with van der Waals surface area (Å²) in [5.74, 6) is -4.98. The summed E-state index contributed by atoms with van der Waals surface area (Å²) in [6, 6.07) is 5.20. The van der Waals surface area contributed by atoms with Crippen molar-refractivity contribution in [3.05, 3.63) is 40.9 Å². The molecule has 11 nitrogen and oxygen atoms in total. The summed E-state index contributed by atoms with van der Waals surface area (Å²) < 4.78 is 120. The number of halogens is 8. The van der Waals surface area contributed by atoms with E-state index in [4.69, 9.17) is 19.4 Å². The van der Waals surface area contributed by atoms with Crippen molar-refractivity contribution in [2.24, 2.45) is 0 Å². The lowest BCUT2D eigenvalue weighted by Crippen LogP contribution is -2.66.